The monoisotopic (exact) mass is 854 g/mol. The zero-order valence-corrected chi connectivity index (χ0v) is 33.2. The summed E-state index contributed by atoms with van der Waals surface area (Å²) in [7, 11) is 0. The number of benzene rings is 4. The summed E-state index contributed by atoms with van der Waals surface area (Å²) in [6.45, 7) is 20.2. The number of rotatable bonds is 7. The fourth-order valence-corrected chi connectivity index (χ4v) is 7.15. The maximum Gasteiger partial charge on any atom is 0.121 e. The van der Waals surface area contributed by atoms with Gasteiger partial charge in [-0.1, -0.05) is 110 Å². The van der Waals surface area contributed by atoms with Crippen LogP contribution in [0.1, 0.15) is 102 Å². The molecule has 265 valence electrons. The number of para-hydroxylation sites is 1. The van der Waals surface area contributed by atoms with Crippen molar-refractivity contribution in [2.75, 3.05) is 0 Å². The summed E-state index contributed by atoms with van der Waals surface area (Å²) in [6, 6.07) is 37.2. The minimum absolute atomic E-state index is 0. The Kier molecular flexibility index (Phi) is 10.00. The van der Waals surface area contributed by atoms with Gasteiger partial charge in [0.05, 0.1) is 0 Å². The summed E-state index contributed by atoms with van der Waals surface area (Å²) in [5.74, 6) is 1.21. The number of phenolic OH excluding ortho intramolecular Hbond substituents is 1. The van der Waals surface area contributed by atoms with E-state index in [1.165, 1.54) is 22.3 Å². The molecule has 0 fully saturated rings. The van der Waals surface area contributed by atoms with Gasteiger partial charge in [-0.15, -0.1) is 35.7 Å². The van der Waals surface area contributed by atoms with E-state index >= 15 is 0 Å². The minimum Gasteiger partial charge on any atom is -0.655 e. The molecule has 0 atom stereocenters. The van der Waals surface area contributed by atoms with E-state index < -0.39 is 0 Å². The Morgan fingerprint density at radius 2 is 1.41 bits per heavy atom. The van der Waals surface area contributed by atoms with Crippen LogP contribution in [0.15, 0.2) is 97.1 Å². The Balaban J connectivity index is 0.00000448. The summed E-state index contributed by atoms with van der Waals surface area (Å²) >= 11 is 0. The van der Waals surface area contributed by atoms with Crippen molar-refractivity contribution in [3.05, 3.63) is 125 Å². The van der Waals surface area contributed by atoms with Crippen LogP contribution in [0.3, 0.4) is 0 Å². The summed E-state index contributed by atoms with van der Waals surface area (Å²) in [5.41, 5.74) is 14.4. The summed E-state index contributed by atoms with van der Waals surface area (Å²) in [5, 5.41) is 12.3. The van der Waals surface area contributed by atoms with Crippen molar-refractivity contribution in [1.82, 2.24) is 14.5 Å². The SMILES string of the molecule is CC(C)c1cc(C(C)C)c(-c2cc(-c3cc(C(C)(C)C)ccc3O)[n-]c2-c2ccc3c(n2)c2[c-]cccc2n3-c2ccccc2)c(C(C)C)c1.[Au]. The van der Waals surface area contributed by atoms with Gasteiger partial charge in [0.15, 0.2) is 0 Å². The predicted octanol–water partition coefficient (Wildman–Crippen LogP) is 12.3. The van der Waals surface area contributed by atoms with Gasteiger partial charge < -0.3 is 14.7 Å². The number of aromatic hydroxyl groups is 1. The van der Waals surface area contributed by atoms with Crippen molar-refractivity contribution in [3.8, 4) is 45.2 Å². The van der Waals surface area contributed by atoms with Gasteiger partial charge in [0.25, 0.3) is 0 Å². The van der Waals surface area contributed by atoms with Crippen molar-refractivity contribution in [3.63, 3.8) is 0 Å². The molecular formula is C46H47AuN3O-2. The number of nitrogens with zero attached hydrogens (tertiary/aromatic N) is 3. The van der Waals surface area contributed by atoms with Crippen molar-refractivity contribution in [2.24, 2.45) is 0 Å². The number of pyridine rings is 1. The molecule has 4 aromatic carbocycles. The first-order valence-electron chi connectivity index (χ1n) is 17.9. The van der Waals surface area contributed by atoms with Gasteiger partial charge >= 0.3 is 0 Å². The number of phenols is 1. The molecule has 1 radical (unpaired) electrons. The Hall–Kier alpha value is -4.35. The van der Waals surface area contributed by atoms with Crippen molar-refractivity contribution >= 4 is 21.9 Å². The van der Waals surface area contributed by atoms with Gasteiger partial charge in [-0.05, 0) is 98.5 Å². The van der Waals surface area contributed by atoms with Crippen LogP contribution in [-0.2, 0) is 27.8 Å². The van der Waals surface area contributed by atoms with Gasteiger partial charge in [0.2, 0.25) is 0 Å². The molecule has 51 heavy (non-hydrogen) atoms. The summed E-state index contributed by atoms with van der Waals surface area (Å²) in [6.07, 6.45) is 0. The van der Waals surface area contributed by atoms with Crippen molar-refractivity contribution < 1.29 is 27.5 Å². The van der Waals surface area contributed by atoms with E-state index in [-0.39, 0.29) is 33.5 Å². The Morgan fingerprint density at radius 1 is 0.725 bits per heavy atom. The fourth-order valence-electron chi connectivity index (χ4n) is 7.15. The van der Waals surface area contributed by atoms with Gasteiger partial charge in [-0.2, -0.15) is 0 Å². The van der Waals surface area contributed by atoms with E-state index in [4.69, 9.17) is 9.97 Å². The first kappa shape index (κ1) is 36.4. The van der Waals surface area contributed by atoms with E-state index in [2.05, 4.69) is 140 Å². The Morgan fingerprint density at radius 3 is 2.04 bits per heavy atom. The third kappa shape index (κ3) is 6.62. The minimum atomic E-state index is -0.0843. The second kappa shape index (κ2) is 14.0. The predicted molar refractivity (Wildman–Crippen MR) is 210 cm³/mol. The number of fused-ring (bicyclic) bond motifs is 3. The van der Waals surface area contributed by atoms with Crippen LogP contribution in [0.2, 0.25) is 0 Å². The number of aromatic nitrogens is 3. The van der Waals surface area contributed by atoms with Gasteiger partial charge in [-0.3, -0.25) is 4.98 Å². The zero-order valence-electron chi connectivity index (χ0n) is 31.1. The zero-order chi connectivity index (χ0) is 35.5. The maximum atomic E-state index is 11.3. The van der Waals surface area contributed by atoms with E-state index in [9.17, 15) is 5.11 Å². The normalized spacial score (nSPS) is 12.1. The molecule has 0 bridgehead atoms. The van der Waals surface area contributed by atoms with Crippen LogP contribution in [0, 0.1) is 6.07 Å². The third-order valence-corrected chi connectivity index (χ3v) is 9.99. The summed E-state index contributed by atoms with van der Waals surface area (Å²) < 4.78 is 2.26. The number of hydrogen-bond acceptors (Lipinski definition) is 2. The molecule has 0 unspecified atom stereocenters. The molecule has 5 heteroatoms. The second-order valence-electron chi connectivity index (χ2n) is 15.6. The molecule has 7 aromatic rings. The van der Waals surface area contributed by atoms with Crippen molar-refractivity contribution in [2.45, 2.75) is 85.5 Å². The molecular weight excluding hydrogens is 807 g/mol. The van der Waals surface area contributed by atoms with E-state index in [1.54, 1.807) is 6.07 Å². The molecule has 0 aliphatic rings. The average molecular weight is 855 g/mol. The van der Waals surface area contributed by atoms with Crippen LogP contribution in [0.5, 0.6) is 5.75 Å². The van der Waals surface area contributed by atoms with E-state index in [0.29, 0.717) is 17.8 Å². The van der Waals surface area contributed by atoms with Crippen molar-refractivity contribution in [1.29, 1.82) is 0 Å². The third-order valence-electron chi connectivity index (χ3n) is 9.99. The van der Waals surface area contributed by atoms with Gasteiger partial charge in [0, 0.05) is 50.4 Å². The van der Waals surface area contributed by atoms with Gasteiger partial charge in [0.1, 0.15) is 5.75 Å². The van der Waals surface area contributed by atoms with E-state index in [0.717, 1.165) is 61.4 Å². The van der Waals surface area contributed by atoms with Crippen LogP contribution in [0.4, 0.5) is 0 Å². The molecule has 0 amide bonds. The van der Waals surface area contributed by atoms with Crippen LogP contribution in [0.25, 0.3) is 61.4 Å². The Labute approximate surface area is 318 Å². The summed E-state index contributed by atoms with van der Waals surface area (Å²) in [4.78, 5) is 10.8. The second-order valence-corrected chi connectivity index (χ2v) is 15.6. The van der Waals surface area contributed by atoms with Gasteiger partial charge in [-0.25, -0.2) is 0 Å². The van der Waals surface area contributed by atoms with Crippen LogP contribution in [-0.4, -0.2) is 14.7 Å². The number of hydrogen-bond donors (Lipinski definition) is 1. The van der Waals surface area contributed by atoms with E-state index in [1.807, 2.05) is 24.3 Å². The molecule has 0 saturated heterocycles. The molecule has 0 aliphatic carbocycles. The molecule has 1 N–H and O–H groups in total. The van der Waals surface area contributed by atoms with Crippen LogP contribution < -0.4 is 4.98 Å². The Bertz CT molecular complexity index is 2320. The molecule has 0 aliphatic heterocycles. The molecule has 0 spiro atoms. The average Bonchev–Trinajstić information content (AvgIpc) is 3.67. The first-order valence-corrected chi connectivity index (χ1v) is 17.9. The smallest absolute Gasteiger partial charge is 0.121 e. The molecule has 3 aromatic heterocycles. The fraction of sp³-hybridized carbons (Fsp3) is 0.283. The molecule has 7 rings (SSSR count). The topological polar surface area (TPSA) is 52.1 Å². The largest absolute Gasteiger partial charge is 0.655 e. The molecule has 0 saturated carbocycles. The quantitative estimate of drug-likeness (QED) is 0.128. The molecule has 4 nitrogen and oxygen atoms in total. The molecule has 3 heterocycles. The standard InChI is InChI=1S/C46H47N3O.Au/c1-27(2)30-23-34(28(3)4)43(35(24-30)29(5)6)37-26-39(36-25-31(46(7,8)9)19-22-42(36)50)48-44(37)38-20-21-41-45(47-38)33-17-13-14-18-40(33)49(41)32-15-11-10-12-16-32;/h10-16,18-29H,1-9H3,(H-,47,48,50);/q-2;. The first-order chi connectivity index (χ1) is 23.8. The van der Waals surface area contributed by atoms with Crippen LogP contribution >= 0.6 is 0 Å². The maximum absolute atomic E-state index is 11.3.